The van der Waals surface area contributed by atoms with Crippen LogP contribution in [0.15, 0.2) is 16.9 Å². The first kappa shape index (κ1) is 13.6. The number of aromatic nitrogens is 2. The smallest absolute Gasteiger partial charge is 0.295 e. The molecule has 0 spiro atoms. The third-order valence-corrected chi connectivity index (χ3v) is 2.96. The van der Waals surface area contributed by atoms with Gasteiger partial charge in [-0.05, 0) is 30.5 Å². The molecule has 0 unspecified atom stereocenters. The third kappa shape index (κ3) is 2.14. The molecule has 0 radical (unpaired) electrons. The Labute approximate surface area is 103 Å². The Morgan fingerprint density at radius 3 is 2.24 bits per heavy atom. The van der Waals surface area contributed by atoms with E-state index in [-0.39, 0.29) is 5.69 Å². The van der Waals surface area contributed by atoms with Crippen molar-refractivity contribution >= 4 is 11.0 Å². The van der Waals surface area contributed by atoms with Crippen molar-refractivity contribution < 1.29 is 0 Å². The lowest BCUT2D eigenvalue weighted by Crippen LogP contribution is -2.19. The predicted molar refractivity (Wildman–Crippen MR) is 73.6 cm³/mol. The normalized spacial score (nSPS) is 10.2. The number of benzene rings is 1. The van der Waals surface area contributed by atoms with Crippen molar-refractivity contribution in [2.45, 2.75) is 34.1 Å². The zero-order chi connectivity index (χ0) is 13.2. The van der Waals surface area contributed by atoms with Gasteiger partial charge in [0.15, 0.2) is 0 Å². The highest BCUT2D eigenvalue weighted by Crippen LogP contribution is 2.19. The summed E-state index contributed by atoms with van der Waals surface area (Å²) in [6.45, 7) is 8.18. The maximum absolute atomic E-state index is 11.8. The van der Waals surface area contributed by atoms with Crippen molar-refractivity contribution in [2.24, 2.45) is 14.1 Å². The molecule has 0 saturated carbocycles. The van der Waals surface area contributed by atoms with Gasteiger partial charge in [-0.3, -0.25) is 9.13 Å². The summed E-state index contributed by atoms with van der Waals surface area (Å²) >= 11 is 0. The number of hydrogen-bond donors (Lipinski definition) is 0. The predicted octanol–water partition coefficient (Wildman–Crippen LogP) is 2.77. The minimum atomic E-state index is 0.0466. The first-order chi connectivity index (χ1) is 8.06. The fraction of sp³-hybridized carbons (Fsp3) is 0.500. The SMILES string of the molecule is CC.CCc1cc(C)cc2c1n(C)c(=O)n2C. The van der Waals surface area contributed by atoms with E-state index in [1.54, 1.807) is 9.13 Å². The molecule has 0 atom stereocenters. The topological polar surface area (TPSA) is 26.9 Å². The number of hydrogen-bond acceptors (Lipinski definition) is 1. The molecule has 0 aliphatic heterocycles. The van der Waals surface area contributed by atoms with Crippen molar-refractivity contribution in [1.82, 2.24) is 9.13 Å². The Kier molecular flexibility index (Phi) is 4.16. The zero-order valence-corrected chi connectivity index (χ0v) is 11.7. The monoisotopic (exact) mass is 234 g/mol. The molecule has 94 valence electrons. The lowest BCUT2D eigenvalue weighted by molar-refractivity contribution is 0.793. The molecule has 3 nitrogen and oxygen atoms in total. The number of rotatable bonds is 1. The standard InChI is InChI=1S/C12H16N2O.C2H6/c1-5-9-6-8(2)7-10-11(9)14(4)12(15)13(10)3;1-2/h6-7H,5H2,1-4H3;1-2H3. The molecule has 0 N–H and O–H groups in total. The molecule has 1 heterocycles. The van der Waals surface area contributed by atoms with Gasteiger partial charge in [-0.2, -0.15) is 0 Å². The highest BCUT2D eigenvalue weighted by molar-refractivity contribution is 5.80. The van der Waals surface area contributed by atoms with Crippen LogP contribution in [0.3, 0.4) is 0 Å². The first-order valence-corrected chi connectivity index (χ1v) is 6.21. The highest BCUT2D eigenvalue weighted by atomic mass is 16.1. The average Bonchev–Trinajstić information content (AvgIpc) is 2.56. The van der Waals surface area contributed by atoms with Gasteiger partial charge in [-0.15, -0.1) is 0 Å². The molecule has 1 aromatic carbocycles. The van der Waals surface area contributed by atoms with Crippen LogP contribution in [0.25, 0.3) is 11.0 Å². The van der Waals surface area contributed by atoms with Crippen LogP contribution in [0, 0.1) is 6.92 Å². The third-order valence-electron chi connectivity index (χ3n) is 2.96. The molecule has 0 bridgehead atoms. The summed E-state index contributed by atoms with van der Waals surface area (Å²) < 4.78 is 3.44. The van der Waals surface area contributed by atoms with Crippen LogP contribution in [-0.4, -0.2) is 9.13 Å². The van der Waals surface area contributed by atoms with E-state index in [0.717, 1.165) is 17.5 Å². The van der Waals surface area contributed by atoms with Gasteiger partial charge in [0.1, 0.15) is 0 Å². The van der Waals surface area contributed by atoms with Crippen LogP contribution in [0.5, 0.6) is 0 Å². The summed E-state index contributed by atoms with van der Waals surface area (Å²) in [5, 5.41) is 0. The molecule has 0 fully saturated rings. The molecule has 0 aliphatic carbocycles. The zero-order valence-electron chi connectivity index (χ0n) is 11.7. The largest absolute Gasteiger partial charge is 0.328 e. The number of aryl methyl sites for hydroxylation is 4. The van der Waals surface area contributed by atoms with E-state index >= 15 is 0 Å². The molecular formula is C14H22N2O. The summed E-state index contributed by atoms with van der Waals surface area (Å²) in [7, 11) is 3.66. The van der Waals surface area contributed by atoms with Gasteiger partial charge in [-0.1, -0.05) is 26.8 Å². The van der Waals surface area contributed by atoms with Crippen LogP contribution in [0.4, 0.5) is 0 Å². The van der Waals surface area contributed by atoms with Crippen LogP contribution < -0.4 is 5.69 Å². The Balaban J connectivity index is 0.000000686. The van der Waals surface area contributed by atoms with Gasteiger partial charge >= 0.3 is 5.69 Å². The first-order valence-electron chi connectivity index (χ1n) is 6.21. The maximum atomic E-state index is 11.8. The fourth-order valence-electron chi connectivity index (χ4n) is 2.17. The van der Waals surface area contributed by atoms with E-state index < -0.39 is 0 Å². The van der Waals surface area contributed by atoms with E-state index in [4.69, 9.17) is 0 Å². The quantitative estimate of drug-likeness (QED) is 0.745. The lowest BCUT2D eigenvalue weighted by atomic mass is 10.1. The molecule has 17 heavy (non-hydrogen) atoms. The van der Waals surface area contributed by atoms with E-state index in [1.165, 1.54) is 11.1 Å². The second kappa shape index (κ2) is 5.21. The summed E-state index contributed by atoms with van der Waals surface area (Å²) in [5.41, 5.74) is 4.59. The van der Waals surface area contributed by atoms with Gasteiger partial charge in [0.25, 0.3) is 0 Å². The van der Waals surface area contributed by atoms with Crippen molar-refractivity contribution in [1.29, 1.82) is 0 Å². The minimum absolute atomic E-state index is 0.0466. The number of imidazole rings is 1. The highest BCUT2D eigenvalue weighted by Gasteiger charge is 2.11. The Morgan fingerprint density at radius 2 is 1.71 bits per heavy atom. The van der Waals surface area contributed by atoms with Crippen molar-refractivity contribution in [3.05, 3.63) is 33.7 Å². The van der Waals surface area contributed by atoms with Gasteiger partial charge < -0.3 is 0 Å². The summed E-state index contributed by atoms with van der Waals surface area (Å²) in [6, 6.07) is 4.22. The molecule has 3 heteroatoms. The lowest BCUT2D eigenvalue weighted by Gasteiger charge is -2.04. The fourth-order valence-corrected chi connectivity index (χ4v) is 2.17. The maximum Gasteiger partial charge on any atom is 0.328 e. The van der Waals surface area contributed by atoms with Gasteiger partial charge in [0, 0.05) is 14.1 Å². The average molecular weight is 234 g/mol. The molecule has 0 aliphatic rings. The summed E-state index contributed by atoms with van der Waals surface area (Å²) in [6.07, 6.45) is 0.954. The second-order valence-electron chi connectivity index (χ2n) is 4.05. The Morgan fingerprint density at radius 1 is 1.12 bits per heavy atom. The molecule has 1 aromatic heterocycles. The van der Waals surface area contributed by atoms with E-state index in [2.05, 4.69) is 26.0 Å². The van der Waals surface area contributed by atoms with Gasteiger partial charge in [0.2, 0.25) is 0 Å². The van der Waals surface area contributed by atoms with Crippen LogP contribution in [-0.2, 0) is 20.5 Å². The van der Waals surface area contributed by atoms with Crippen molar-refractivity contribution in [3.63, 3.8) is 0 Å². The van der Waals surface area contributed by atoms with Gasteiger partial charge in [-0.25, -0.2) is 4.79 Å². The Hall–Kier alpha value is -1.51. The molecule has 2 aromatic rings. The van der Waals surface area contributed by atoms with Crippen molar-refractivity contribution in [3.8, 4) is 0 Å². The van der Waals surface area contributed by atoms with E-state index in [0.29, 0.717) is 0 Å². The number of fused-ring (bicyclic) bond motifs is 1. The summed E-state index contributed by atoms with van der Waals surface area (Å²) in [5.74, 6) is 0. The molecule has 0 saturated heterocycles. The second-order valence-corrected chi connectivity index (χ2v) is 4.05. The van der Waals surface area contributed by atoms with Crippen LogP contribution in [0.2, 0.25) is 0 Å². The minimum Gasteiger partial charge on any atom is -0.295 e. The van der Waals surface area contributed by atoms with Crippen molar-refractivity contribution in [2.75, 3.05) is 0 Å². The summed E-state index contributed by atoms with van der Waals surface area (Å²) in [4.78, 5) is 11.8. The van der Waals surface area contributed by atoms with E-state index in [1.807, 2.05) is 27.9 Å². The van der Waals surface area contributed by atoms with Gasteiger partial charge in [0.05, 0.1) is 11.0 Å². The van der Waals surface area contributed by atoms with Crippen LogP contribution in [0.1, 0.15) is 31.9 Å². The molecule has 2 rings (SSSR count). The Bertz CT molecular complexity index is 576. The van der Waals surface area contributed by atoms with E-state index in [9.17, 15) is 4.79 Å². The number of nitrogens with zero attached hydrogens (tertiary/aromatic N) is 2. The van der Waals surface area contributed by atoms with Crippen LogP contribution >= 0.6 is 0 Å². The molecular weight excluding hydrogens is 212 g/mol. The molecule has 0 amide bonds.